The van der Waals surface area contributed by atoms with Gasteiger partial charge >= 0.3 is 0 Å². The molecule has 0 amide bonds. The van der Waals surface area contributed by atoms with Crippen LogP contribution < -0.4 is 0 Å². The highest BCUT2D eigenvalue weighted by Crippen LogP contribution is 2.39. The predicted octanol–water partition coefficient (Wildman–Crippen LogP) is 1.81. The van der Waals surface area contributed by atoms with Crippen LogP contribution in [0.4, 0.5) is 0 Å². The summed E-state index contributed by atoms with van der Waals surface area (Å²) in [4.78, 5) is 18.6. The third-order valence-electron chi connectivity index (χ3n) is 5.13. The molecule has 18 heavy (non-hydrogen) atoms. The average molecular weight is 244 g/mol. The number of nitrogens with one attached hydrogen (secondary N) is 1. The molecule has 2 aliphatic carbocycles. The second-order valence-electron chi connectivity index (χ2n) is 6.28. The predicted molar refractivity (Wildman–Crippen MR) is 69.9 cm³/mol. The highest BCUT2D eigenvalue weighted by Gasteiger charge is 2.41. The van der Waals surface area contributed by atoms with Crippen LogP contribution in [0.25, 0.3) is 0 Å². The van der Waals surface area contributed by atoms with Gasteiger partial charge in [-0.25, -0.2) is 0 Å². The number of aromatic nitrogens is 1. The van der Waals surface area contributed by atoms with Crippen molar-refractivity contribution in [2.24, 2.45) is 11.8 Å². The van der Waals surface area contributed by atoms with Crippen LogP contribution in [0.5, 0.6) is 0 Å². The molecular weight excluding hydrogens is 224 g/mol. The molecule has 4 rings (SSSR count). The van der Waals surface area contributed by atoms with Crippen molar-refractivity contribution in [3.05, 3.63) is 22.5 Å². The summed E-state index contributed by atoms with van der Waals surface area (Å²) in [7, 11) is 2.14. The summed E-state index contributed by atoms with van der Waals surface area (Å²) < 4.78 is 0. The fourth-order valence-corrected chi connectivity index (χ4v) is 4.19. The molecule has 1 saturated heterocycles. The standard InChI is InChI=1S/C15H20N2O/c1-17-6-5-9-7-13-14(15(18)11(9)8-17)10-3-2-4-12(10)16-13/h9,11,16H,2-8H2,1H3/t9-,11+/m1/s1. The van der Waals surface area contributed by atoms with Gasteiger partial charge in [0.25, 0.3) is 0 Å². The molecule has 1 fully saturated rings. The second-order valence-corrected chi connectivity index (χ2v) is 6.28. The fourth-order valence-electron chi connectivity index (χ4n) is 4.19. The lowest BCUT2D eigenvalue weighted by atomic mass is 9.73. The maximum absolute atomic E-state index is 12.8. The quantitative estimate of drug-likeness (QED) is 0.755. The van der Waals surface area contributed by atoms with Gasteiger partial charge in [0.15, 0.2) is 5.78 Å². The van der Waals surface area contributed by atoms with Crippen LogP contribution in [0.2, 0.25) is 0 Å². The number of carbonyl (C=O) groups is 1. The number of hydrogen-bond donors (Lipinski definition) is 1. The van der Waals surface area contributed by atoms with Gasteiger partial charge in [0, 0.05) is 29.4 Å². The molecule has 1 aromatic rings. The summed E-state index contributed by atoms with van der Waals surface area (Å²) in [5.41, 5.74) is 5.08. The Balaban J connectivity index is 1.77. The van der Waals surface area contributed by atoms with Crippen LogP contribution in [0, 0.1) is 11.8 Å². The van der Waals surface area contributed by atoms with Crippen molar-refractivity contribution in [2.75, 3.05) is 20.1 Å². The van der Waals surface area contributed by atoms with E-state index in [9.17, 15) is 4.79 Å². The molecule has 1 aliphatic heterocycles. The van der Waals surface area contributed by atoms with E-state index in [1.807, 2.05) is 0 Å². The lowest BCUT2D eigenvalue weighted by molar-refractivity contribution is 0.0705. The Hall–Kier alpha value is -1.09. The smallest absolute Gasteiger partial charge is 0.169 e. The lowest BCUT2D eigenvalue weighted by Gasteiger charge is -2.38. The molecule has 0 bridgehead atoms. The van der Waals surface area contributed by atoms with Crippen molar-refractivity contribution in [2.45, 2.75) is 32.1 Å². The second kappa shape index (κ2) is 3.70. The molecule has 96 valence electrons. The van der Waals surface area contributed by atoms with E-state index in [0.29, 0.717) is 11.7 Å². The van der Waals surface area contributed by atoms with E-state index in [2.05, 4.69) is 16.9 Å². The number of likely N-dealkylation sites (tertiary alicyclic amines) is 1. The normalized spacial score (nSPS) is 31.1. The van der Waals surface area contributed by atoms with Crippen LogP contribution in [0.15, 0.2) is 0 Å². The van der Waals surface area contributed by atoms with Gasteiger partial charge in [0.1, 0.15) is 0 Å². The van der Waals surface area contributed by atoms with Gasteiger partial charge in [-0.15, -0.1) is 0 Å². The van der Waals surface area contributed by atoms with Crippen molar-refractivity contribution in [1.82, 2.24) is 9.88 Å². The molecule has 3 heteroatoms. The summed E-state index contributed by atoms with van der Waals surface area (Å²) in [6, 6.07) is 0. The summed E-state index contributed by atoms with van der Waals surface area (Å²) >= 11 is 0. The largest absolute Gasteiger partial charge is 0.361 e. The van der Waals surface area contributed by atoms with Gasteiger partial charge in [-0.2, -0.15) is 0 Å². The summed E-state index contributed by atoms with van der Waals surface area (Å²) in [6.45, 7) is 2.10. The highest BCUT2D eigenvalue weighted by atomic mass is 16.1. The van der Waals surface area contributed by atoms with E-state index in [1.165, 1.54) is 29.8 Å². The van der Waals surface area contributed by atoms with Crippen LogP contribution in [0.3, 0.4) is 0 Å². The first-order valence-corrected chi connectivity index (χ1v) is 7.19. The number of fused-ring (bicyclic) bond motifs is 4. The van der Waals surface area contributed by atoms with Gasteiger partial charge in [-0.1, -0.05) is 0 Å². The summed E-state index contributed by atoms with van der Waals surface area (Å²) in [6.07, 6.45) is 5.75. The van der Waals surface area contributed by atoms with Gasteiger partial charge in [0.05, 0.1) is 0 Å². The third kappa shape index (κ3) is 1.37. The van der Waals surface area contributed by atoms with E-state index in [-0.39, 0.29) is 5.92 Å². The number of aromatic amines is 1. The van der Waals surface area contributed by atoms with E-state index in [0.717, 1.165) is 37.9 Å². The van der Waals surface area contributed by atoms with Crippen molar-refractivity contribution < 1.29 is 4.79 Å². The Kier molecular flexibility index (Phi) is 2.22. The number of carbonyl (C=O) groups excluding carboxylic acids is 1. The van der Waals surface area contributed by atoms with Crippen LogP contribution in [-0.4, -0.2) is 35.8 Å². The molecule has 0 unspecified atom stereocenters. The number of hydrogen-bond acceptors (Lipinski definition) is 2. The van der Waals surface area contributed by atoms with Crippen molar-refractivity contribution in [1.29, 1.82) is 0 Å². The van der Waals surface area contributed by atoms with Gasteiger partial charge < -0.3 is 9.88 Å². The van der Waals surface area contributed by atoms with Gasteiger partial charge in [-0.3, -0.25) is 4.79 Å². The Morgan fingerprint density at radius 2 is 2.17 bits per heavy atom. The molecule has 0 spiro atoms. The monoisotopic (exact) mass is 244 g/mol. The molecule has 0 radical (unpaired) electrons. The molecule has 1 aromatic heterocycles. The van der Waals surface area contributed by atoms with Crippen molar-refractivity contribution in [3.8, 4) is 0 Å². The number of rotatable bonds is 0. The number of H-pyrrole nitrogens is 1. The zero-order valence-electron chi connectivity index (χ0n) is 11.0. The average Bonchev–Trinajstić information content (AvgIpc) is 2.90. The van der Waals surface area contributed by atoms with E-state index in [4.69, 9.17) is 0 Å². The topological polar surface area (TPSA) is 36.1 Å². The molecule has 1 N–H and O–H groups in total. The number of nitrogens with zero attached hydrogens (tertiary/aromatic N) is 1. The maximum atomic E-state index is 12.8. The summed E-state index contributed by atoms with van der Waals surface area (Å²) in [5.74, 6) is 1.28. The minimum Gasteiger partial charge on any atom is -0.361 e. The number of piperidine rings is 1. The van der Waals surface area contributed by atoms with Crippen LogP contribution in [0.1, 0.15) is 40.2 Å². The number of Topliss-reactive ketones (excluding diaryl/α,β-unsaturated/α-hetero) is 1. The van der Waals surface area contributed by atoms with Crippen molar-refractivity contribution in [3.63, 3.8) is 0 Å². The summed E-state index contributed by atoms with van der Waals surface area (Å²) in [5, 5.41) is 0. The first kappa shape index (κ1) is 10.8. The SMILES string of the molecule is CN1CC[C@@H]2Cc3[nH]c4c(c3C(=O)[C@H]2C1)CCC4. The lowest BCUT2D eigenvalue weighted by Crippen LogP contribution is -2.45. The third-order valence-corrected chi connectivity index (χ3v) is 5.13. The minimum atomic E-state index is 0.261. The fraction of sp³-hybridized carbons (Fsp3) is 0.667. The zero-order chi connectivity index (χ0) is 12.3. The molecule has 3 nitrogen and oxygen atoms in total. The van der Waals surface area contributed by atoms with Gasteiger partial charge in [0.2, 0.25) is 0 Å². The molecule has 0 saturated carbocycles. The maximum Gasteiger partial charge on any atom is 0.169 e. The number of ketones is 1. The number of aryl methyl sites for hydroxylation is 1. The molecule has 2 atom stereocenters. The first-order chi connectivity index (χ1) is 8.74. The van der Waals surface area contributed by atoms with Crippen LogP contribution >= 0.6 is 0 Å². The van der Waals surface area contributed by atoms with Crippen molar-refractivity contribution >= 4 is 5.78 Å². The van der Waals surface area contributed by atoms with E-state index in [1.54, 1.807) is 0 Å². The first-order valence-electron chi connectivity index (χ1n) is 7.19. The minimum absolute atomic E-state index is 0.261. The highest BCUT2D eigenvalue weighted by molar-refractivity contribution is 6.02. The zero-order valence-corrected chi connectivity index (χ0v) is 11.0. The van der Waals surface area contributed by atoms with Crippen LogP contribution in [-0.2, 0) is 19.3 Å². The molecule has 0 aromatic carbocycles. The Bertz CT molecular complexity index is 517. The Morgan fingerprint density at radius 3 is 3.06 bits per heavy atom. The van der Waals surface area contributed by atoms with E-state index >= 15 is 0 Å². The Labute approximate surface area is 108 Å². The molecular formula is C15H20N2O. The molecule has 3 aliphatic rings. The van der Waals surface area contributed by atoms with E-state index < -0.39 is 0 Å². The van der Waals surface area contributed by atoms with Gasteiger partial charge in [-0.05, 0) is 57.2 Å². The molecule has 2 heterocycles. The Morgan fingerprint density at radius 1 is 1.28 bits per heavy atom.